The number of rotatable bonds is 3. The molecule has 0 aliphatic carbocycles. The molecule has 0 saturated carbocycles. The van der Waals surface area contributed by atoms with Crippen molar-refractivity contribution >= 4 is 22.4 Å². The van der Waals surface area contributed by atoms with Gasteiger partial charge in [-0.2, -0.15) is 0 Å². The number of benzene rings is 1. The summed E-state index contributed by atoms with van der Waals surface area (Å²) in [5.74, 6) is 0.0188. The van der Waals surface area contributed by atoms with E-state index in [0.717, 1.165) is 0 Å². The molecule has 0 aliphatic heterocycles. The lowest BCUT2D eigenvalue weighted by Crippen LogP contribution is -2.30. The van der Waals surface area contributed by atoms with Crippen molar-refractivity contribution in [2.45, 2.75) is 25.7 Å². The molecule has 0 bridgehead atoms. The molecule has 0 spiro atoms. The third-order valence-corrected chi connectivity index (χ3v) is 4.36. The molecule has 0 fully saturated rings. The van der Waals surface area contributed by atoms with Crippen LogP contribution in [0.5, 0.6) is 0 Å². The van der Waals surface area contributed by atoms with Gasteiger partial charge >= 0.3 is 7.12 Å². The second kappa shape index (κ2) is 4.80. The second-order valence-corrected chi connectivity index (χ2v) is 7.26. The van der Waals surface area contributed by atoms with E-state index in [0.29, 0.717) is 0 Å². The average Bonchev–Trinajstić information content (AvgIpc) is 2.14. The Bertz CT molecular complexity index is 488. The van der Waals surface area contributed by atoms with Gasteiger partial charge in [0.1, 0.15) is 0 Å². The smallest absolute Gasteiger partial charge is 0.423 e. The van der Waals surface area contributed by atoms with Gasteiger partial charge in [-0.3, -0.25) is 0 Å². The van der Waals surface area contributed by atoms with Crippen LogP contribution in [0.2, 0.25) is 0 Å². The quantitative estimate of drug-likeness (QED) is 0.757. The van der Waals surface area contributed by atoms with Crippen LogP contribution in [0, 0.1) is 5.41 Å². The molecule has 6 heteroatoms. The van der Waals surface area contributed by atoms with E-state index in [1.807, 2.05) is 20.8 Å². The summed E-state index contributed by atoms with van der Waals surface area (Å²) in [5, 5.41) is 18.0. The molecule has 0 heterocycles. The van der Waals surface area contributed by atoms with Crippen LogP contribution < -0.4 is 5.46 Å². The fourth-order valence-corrected chi connectivity index (χ4v) is 3.43. The zero-order valence-electron chi connectivity index (χ0n) is 10.2. The maximum Gasteiger partial charge on any atom is 0.488 e. The molecule has 0 unspecified atom stereocenters. The fourth-order valence-electron chi connectivity index (χ4n) is 1.52. The highest BCUT2D eigenvalue weighted by Crippen LogP contribution is 2.21. The second-order valence-electron chi connectivity index (χ2n) is 5.27. The van der Waals surface area contributed by atoms with Crippen molar-refractivity contribution in [2.75, 3.05) is 5.75 Å². The largest absolute Gasteiger partial charge is 0.488 e. The van der Waals surface area contributed by atoms with Crippen LogP contribution in [0.3, 0.4) is 0 Å². The summed E-state index contributed by atoms with van der Waals surface area (Å²) in [6, 6.07) is 5.74. The Morgan fingerprint density at radius 1 is 1.24 bits per heavy atom. The first-order valence-corrected chi connectivity index (χ1v) is 6.96. The van der Waals surface area contributed by atoms with E-state index in [-0.39, 0.29) is 21.5 Å². The molecule has 94 valence electrons. The summed E-state index contributed by atoms with van der Waals surface area (Å²) in [6.45, 7) is 5.53. The summed E-state index contributed by atoms with van der Waals surface area (Å²) in [7, 11) is -5.05. The highest BCUT2D eigenvalue weighted by molar-refractivity contribution is 7.91. The van der Waals surface area contributed by atoms with E-state index in [4.69, 9.17) is 10.0 Å². The third-order valence-electron chi connectivity index (χ3n) is 2.14. The van der Waals surface area contributed by atoms with E-state index < -0.39 is 17.0 Å². The van der Waals surface area contributed by atoms with E-state index in [1.165, 1.54) is 24.3 Å². The minimum Gasteiger partial charge on any atom is -0.423 e. The van der Waals surface area contributed by atoms with Crippen LogP contribution in [0.4, 0.5) is 0 Å². The first kappa shape index (κ1) is 14.2. The van der Waals surface area contributed by atoms with Gasteiger partial charge in [-0.25, -0.2) is 8.42 Å². The molecule has 17 heavy (non-hydrogen) atoms. The molecule has 2 N–H and O–H groups in total. The highest BCUT2D eigenvalue weighted by atomic mass is 32.2. The maximum absolute atomic E-state index is 12.1. The topological polar surface area (TPSA) is 74.6 Å². The predicted octanol–water partition coefficient (Wildman–Crippen LogP) is 0.186. The van der Waals surface area contributed by atoms with Gasteiger partial charge in [-0.05, 0) is 23.0 Å². The Balaban J connectivity index is 3.12. The lowest BCUT2D eigenvalue weighted by Gasteiger charge is -2.18. The number of hydrogen-bond donors (Lipinski definition) is 2. The van der Waals surface area contributed by atoms with Crippen LogP contribution in [0.1, 0.15) is 20.8 Å². The molecule has 0 amide bonds. The Hall–Kier alpha value is -0.845. The molecule has 0 atom stereocenters. The van der Waals surface area contributed by atoms with Crippen molar-refractivity contribution in [3.63, 3.8) is 0 Å². The molecule has 0 aliphatic rings. The fraction of sp³-hybridized carbons (Fsp3) is 0.455. The van der Waals surface area contributed by atoms with Gasteiger partial charge in [-0.15, -0.1) is 0 Å². The van der Waals surface area contributed by atoms with Gasteiger partial charge in [0.25, 0.3) is 0 Å². The van der Waals surface area contributed by atoms with Gasteiger partial charge in [0.15, 0.2) is 9.84 Å². The first-order valence-electron chi connectivity index (χ1n) is 5.31. The predicted molar refractivity (Wildman–Crippen MR) is 67.8 cm³/mol. The Kier molecular flexibility index (Phi) is 4.01. The summed E-state index contributed by atoms with van der Waals surface area (Å²) in [4.78, 5) is 0.123. The summed E-state index contributed by atoms with van der Waals surface area (Å²) >= 11 is 0. The maximum atomic E-state index is 12.1. The zero-order valence-corrected chi connectivity index (χ0v) is 11.0. The molecule has 0 radical (unpaired) electrons. The standard InChI is InChI=1S/C11H17BO4S/c1-11(2,3)8-17(15,16)10-6-4-5-9(7-10)12(13)14/h4-7,13-14H,8H2,1-3H3. The molecule has 1 aromatic rings. The van der Waals surface area contributed by atoms with E-state index in [9.17, 15) is 8.42 Å². The van der Waals surface area contributed by atoms with Crippen molar-refractivity contribution in [1.82, 2.24) is 0 Å². The van der Waals surface area contributed by atoms with Gasteiger partial charge in [0, 0.05) is 0 Å². The number of hydrogen-bond acceptors (Lipinski definition) is 4. The van der Waals surface area contributed by atoms with Crippen molar-refractivity contribution < 1.29 is 18.5 Å². The summed E-state index contributed by atoms with van der Waals surface area (Å²) in [5.41, 5.74) is -0.160. The van der Waals surface area contributed by atoms with Crippen LogP contribution >= 0.6 is 0 Å². The Morgan fingerprint density at radius 3 is 2.29 bits per heavy atom. The van der Waals surface area contributed by atoms with E-state index >= 15 is 0 Å². The van der Waals surface area contributed by atoms with Gasteiger partial charge < -0.3 is 10.0 Å². The number of sulfone groups is 1. The van der Waals surface area contributed by atoms with Crippen molar-refractivity contribution in [1.29, 1.82) is 0 Å². The summed E-state index contributed by atoms with van der Waals surface area (Å²) < 4.78 is 24.1. The van der Waals surface area contributed by atoms with E-state index in [1.54, 1.807) is 0 Å². The molecular weight excluding hydrogens is 239 g/mol. The SMILES string of the molecule is CC(C)(C)CS(=O)(=O)c1cccc(B(O)O)c1. The van der Waals surface area contributed by atoms with Crippen LogP contribution in [-0.4, -0.2) is 31.3 Å². The molecule has 0 saturated heterocycles. The molecule has 1 aromatic carbocycles. The highest BCUT2D eigenvalue weighted by Gasteiger charge is 2.24. The molecule has 1 rings (SSSR count). The minimum atomic E-state index is -3.40. The Labute approximate surface area is 102 Å². The summed E-state index contributed by atoms with van der Waals surface area (Å²) in [6.07, 6.45) is 0. The Morgan fingerprint density at radius 2 is 1.82 bits per heavy atom. The van der Waals surface area contributed by atoms with Gasteiger partial charge in [0.2, 0.25) is 0 Å². The van der Waals surface area contributed by atoms with Crippen molar-refractivity contribution in [3.8, 4) is 0 Å². The zero-order chi connectivity index (χ0) is 13.3. The van der Waals surface area contributed by atoms with Crippen LogP contribution in [-0.2, 0) is 9.84 Å². The molecule has 0 aromatic heterocycles. The van der Waals surface area contributed by atoms with Gasteiger partial charge in [-0.1, -0.05) is 32.9 Å². The third kappa shape index (κ3) is 4.14. The lowest BCUT2D eigenvalue weighted by atomic mass is 9.80. The minimum absolute atomic E-state index is 0.0188. The normalized spacial score (nSPS) is 12.5. The van der Waals surface area contributed by atoms with Crippen LogP contribution in [0.15, 0.2) is 29.2 Å². The van der Waals surface area contributed by atoms with Crippen molar-refractivity contribution in [3.05, 3.63) is 24.3 Å². The average molecular weight is 256 g/mol. The monoisotopic (exact) mass is 256 g/mol. The molecular formula is C11H17BO4S. The van der Waals surface area contributed by atoms with Crippen molar-refractivity contribution in [2.24, 2.45) is 5.41 Å². The molecule has 4 nitrogen and oxygen atoms in total. The lowest BCUT2D eigenvalue weighted by molar-refractivity contribution is 0.425. The van der Waals surface area contributed by atoms with Crippen LogP contribution in [0.25, 0.3) is 0 Å². The first-order chi connectivity index (χ1) is 7.62. The van der Waals surface area contributed by atoms with E-state index in [2.05, 4.69) is 0 Å². The van der Waals surface area contributed by atoms with Gasteiger partial charge in [0.05, 0.1) is 10.6 Å².